The molecule has 0 unspecified atom stereocenters. The molecule has 0 bridgehead atoms. The quantitative estimate of drug-likeness (QED) is 0.797. The number of halogens is 1. The van der Waals surface area contributed by atoms with Gasteiger partial charge in [-0.3, -0.25) is 0 Å². The summed E-state index contributed by atoms with van der Waals surface area (Å²) in [7, 11) is 0. The Kier molecular flexibility index (Phi) is 2.56. The number of aromatic nitrogens is 2. The Morgan fingerprint density at radius 1 is 1.25 bits per heavy atom. The van der Waals surface area contributed by atoms with Crippen molar-refractivity contribution in [2.24, 2.45) is 0 Å². The van der Waals surface area contributed by atoms with Crippen LogP contribution in [0.15, 0.2) is 29.2 Å². The predicted octanol–water partition coefficient (Wildman–Crippen LogP) is 2.19. The van der Waals surface area contributed by atoms with E-state index in [0.29, 0.717) is 5.69 Å². The van der Waals surface area contributed by atoms with E-state index in [1.165, 1.54) is 18.3 Å². The minimum Gasteiger partial charge on any atom is -0.305 e. The highest BCUT2D eigenvalue weighted by atomic mass is 19.1. The smallest absolute Gasteiger partial charge is 0.305 e. The van der Waals surface area contributed by atoms with Crippen LogP contribution in [-0.2, 0) is 0 Å². The molecule has 0 atom stereocenters. The van der Waals surface area contributed by atoms with Crippen LogP contribution in [0.4, 0.5) is 4.39 Å². The number of benzene rings is 1. The second kappa shape index (κ2) is 3.89. The Balaban J connectivity index is 2.67. The van der Waals surface area contributed by atoms with Gasteiger partial charge >= 0.3 is 5.69 Å². The molecule has 0 aliphatic rings. The number of hydrogen-bond acceptors (Lipinski definition) is 2. The van der Waals surface area contributed by atoms with Gasteiger partial charge < -0.3 is 4.98 Å². The van der Waals surface area contributed by atoms with E-state index in [-0.39, 0.29) is 5.82 Å². The molecule has 16 heavy (non-hydrogen) atoms. The van der Waals surface area contributed by atoms with E-state index >= 15 is 0 Å². The lowest BCUT2D eigenvalue weighted by molar-refractivity contribution is 0.627. The molecule has 1 aromatic carbocycles. The van der Waals surface area contributed by atoms with Crippen LogP contribution in [0.1, 0.15) is 11.1 Å². The van der Waals surface area contributed by atoms with Gasteiger partial charge in [0.15, 0.2) is 0 Å². The Hall–Kier alpha value is -1.97. The van der Waals surface area contributed by atoms with E-state index in [2.05, 4.69) is 9.97 Å². The number of aryl methyl sites for hydroxylation is 2. The third-order valence-electron chi connectivity index (χ3n) is 2.46. The summed E-state index contributed by atoms with van der Waals surface area (Å²) in [4.78, 5) is 17.4. The molecule has 0 aliphatic heterocycles. The lowest BCUT2D eigenvalue weighted by atomic mass is 10.0. The highest BCUT2D eigenvalue weighted by Crippen LogP contribution is 2.23. The number of aromatic amines is 1. The minimum atomic E-state index is -0.399. The molecule has 1 N–H and O–H groups in total. The summed E-state index contributed by atoms with van der Waals surface area (Å²) in [6.45, 7) is 3.65. The Labute approximate surface area is 92.0 Å². The van der Waals surface area contributed by atoms with E-state index in [1.54, 1.807) is 13.0 Å². The topological polar surface area (TPSA) is 45.8 Å². The highest BCUT2D eigenvalue weighted by Gasteiger charge is 2.07. The molecule has 1 heterocycles. The number of rotatable bonds is 1. The van der Waals surface area contributed by atoms with E-state index in [0.717, 1.165) is 16.7 Å². The molecule has 0 radical (unpaired) electrons. The summed E-state index contributed by atoms with van der Waals surface area (Å²) in [6, 6.07) is 4.47. The summed E-state index contributed by atoms with van der Waals surface area (Å²) >= 11 is 0. The van der Waals surface area contributed by atoms with Crippen molar-refractivity contribution in [3.05, 3.63) is 51.8 Å². The zero-order valence-corrected chi connectivity index (χ0v) is 9.04. The molecule has 0 aliphatic carbocycles. The second-order valence-electron chi connectivity index (χ2n) is 3.71. The molecule has 3 nitrogen and oxygen atoms in total. The minimum absolute atomic E-state index is 0.282. The van der Waals surface area contributed by atoms with Crippen molar-refractivity contribution in [2.75, 3.05) is 0 Å². The summed E-state index contributed by atoms with van der Waals surface area (Å²) in [5.74, 6) is -0.282. The van der Waals surface area contributed by atoms with Crippen LogP contribution in [0.25, 0.3) is 11.3 Å². The van der Waals surface area contributed by atoms with Crippen molar-refractivity contribution in [1.29, 1.82) is 0 Å². The molecular formula is C12H11FN2O. The average Bonchev–Trinajstić information content (AvgIpc) is 2.22. The van der Waals surface area contributed by atoms with Gasteiger partial charge in [-0.25, -0.2) is 14.2 Å². The van der Waals surface area contributed by atoms with Crippen LogP contribution in [-0.4, -0.2) is 9.97 Å². The van der Waals surface area contributed by atoms with Crippen LogP contribution < -0.4 is 5.69 Å². The Bertz CT molecular complexity index is 590. The van der Waals surface area contributed by atoms with Gasteiger partial charge in [-0.05, 0) is 43.2 Å². The first-order valence-corrected chi connectivity index (χ1v) is 4.90. The summed E-state index contributed by atoms with van der Waals surface area (Å²) in [6.07, 6.45) is 1.51. The van der Waals surface area contributed by atoms with Crippen molar-refractivity contribution in [3.8, 4) is 11.3 Å². The molecular weight excluding hydrogens is 207 g/mol. The van der Waals surface area contributed by atoms with Gasteiger partial charge in [0, 0.05) is 11.8 Å². The van der Waals surface area contributed by atoms with Gasteiger partial charge in [-0.1, -0.05) is 0 Å². The van der Waals surface area contributed by atoms with Crippen molar-refractivity contribution in [3.63, 3.8) is 0 Å². The third-order valence-corrected chi connectivity index (χ3v) is 2.46. The van der Waals surface area contributed by atoms with Crippen molar-refractivity contribution < 1.29 is 4.39 Å². The van der Waals surface area contributed by atoms with Crippen molar-refractivity contribution in [2.45, 2.75) is 13.8 Å². The fourth-order valence-corrected chi connectivity index (χ4v) is 1.65. The zero-order chi connectivity index (χ0) is 11.7. The normalized spacial score (nSPS) is 10.4. The Morgan fingerprint density at radius 3 is 2.69 bits per heavy atom. The van der Waals surface area contributed by atoms with Crippen molar-refractivity contribution >= 4 is 0 Å². The maximum absolute atomic E-state index is 13.0. The summed E-state index contributed by atoms with van der Waals surface area (Å²) in [5.41, 5.74) is 2.75. The fourth-order valence-electron chi connectivity index (χ4n) is 1.65. The number of hydrogen-bond donors (Lipinski definition) is 1. The Morgan fingerprint density at radius 2 is 2.00 bits per heavy atom. The third kappa shape index (κ3) is 1.86. The number of H-pyrrole nitrogens is 1. The maximum Gasteiger partial charge on any atom is 0.345 e. The van der Waals surface area contributed by atoms with Gasteiger partial charge in [0.25, 0.3) is 0 Å². The van der Waals surface area contributed by atoms with Crippen LogP contribution >= 0.6 is 0 Å². The van der Waals surface area contributed by atoms with Crippen LogP contribution in [0, 0.1) is 19.7 Å². The second-order valence-corrected chi connectivity index (χ2v) is 3.71. The van der Waals surface area contributed by atoms with Crippen molar-refractivity contribution in [1.82, 2.24) is 9.97 Å². The molecule has 82 valence electrons. The first-order valence-electron chi connectivity index (χ1n) is 4.90. The van der Waals surface area contributed by atoms with Crippen LogP contribution in [0.2, 0.25) is 0 Å². The molecule has 0 amide bonds. The standard InChI is InChI=1S/C12H11FN2O/c1-7-5-9(13)3-4-10(7)11-8(2)6-14-12(16)15-11/h3-6H,1-2H3,(H,14,15,16). The summed E-state index contributed by atoms with van der Waals surface area (Å²) in [5, 5.41) is 0. The molecule has 2 rings (SSSR count). The summed E-state index contributed by atoms with van der Waals surface area (Å²) < 4.78 is 13.0. The van der Waals surface area contributed by atoms with E-state index in [1.807, 2.05) is 6.92 Å². The average molecular weight is 218 g/mol. The predicted molar refractivity (Wildman–Crippen MR) is 59.7 cm³/mol. The van der Waals surface area contributed by atoms with Gasteiger partial charge in [0.05, 0.1) is 5.69 Å². The fraction of sp³-hybridized carbons (Fsp3) is 0.167. The lowest BCUT2D eigenvalue weighted by Crippen LogP contribution is -2.11. The van der Waals surface area contributed by atoms with E-state index < -0.39 is 5.69 Å². The van der Waals surface area contributed by atoms with Crippen LogP contribution in [0.5, 0.6) is 0 Å². The first-order chi connectivity index (χ1) is 7.58. The van der Waals surface area contributed by atoms with Gasteiger partial charge in [0.1, 0.15) is 5.82 Å². The molecule has 0 saturated heterocycles. The largest absolute Gasteiger partial charge is 0.345 e. The van der Waals surface area contributed by atoms with Gasteiger partial charge in [-0.15, -0.1) is 0 Å². The molecule has 0 fully saturated rings. The van der Waals surface area contributed by atoms with E-state index in [9.17, 15) is 9.18 Å². The molecule has 4 heteroatoms. The maximum atomic E-state index is 13.0. The van der Waals surface area contributed by atoms with Gasteiger partial charge in [0.2, 0.25) is 0 Å². The monoisotopic (exact) mass is 218 g/mol. The molecule has 2 aromatic rings. The van der Waals surface area contributed by atoms with E-state index in [4.69, 9.17) is 0 Å². The first kappa shape index (κ1) is 10.5. The number of nitrogens with zero attached hydrogens (tertiary/aromatic N) is 1. The number of nitrogens with one attached hydrogen (secondary N) is 1. The van der Waals surface area contributed by atoms with Gasteiger partial charge in [-0.2, -0.15) is 0 Å². The molecule has 0 spiro atoms. The zero-order valence-electron chi connectivity index (χ0n) is 9.04. The lowest BCUT2D eigenvalue weighted by Gasteiger charge is -2.08. The molecule has 0 saturated carbocycles. The molecule has 1 aromatic heterocycles. The van der Waals surface area contributed by atoms with Crippen LogP contribution in [0.3, 0.4) is 0 Å². The SMILES string of the molecule is Cc1cc(F)ccc1-c1[nH]c(=O)ncc1C. The highest BCUT2D eigenvalue weighted by molar-refractivity contribution is 5.65.